The van der Waals surface area contributed by atoms with E-state index in [1.165, 1.54) is 0 Å². The van der Waals surface area contributed by atoms with Gasteiger partial charge < -0.3 is 14.5 Å². The molecule has 4 rings (SSSR count). The van der Waals surface area contributed by atoms with Crippen molar-refractivity contribution in [2.24, 2.45) is 5.92 Å². The molecule has 0 saturated carbocycles. The van der Waals surface area contributed by atoms with Crippen LogP contribution in [0.1, 0.15) is 39.4 Å². The molecule has 0 spiro atoms. The molecule has 0 atom stereocenters. The van der Waals surface area contributed by atoms with Crippen molar-refractivity contribution >= 4 is 28.7 Å². The number of carbonyl (C=O) groups is 2. The number of hydrogen-bond donors (Lipinski definition) is 0. The fraction of sp³-hybridized carbons (Fsp3) is 0.480. The maximum absolute atomic E-state index is 12.6. The molecular formula is C25H32N6O3. The van der Waals surface area contributed by atoms with Gasteiger partial charge in [-0.05, 0) is 25.0 Å². The summed E-state index contributed by atoms with van der Waals surface area (Å²) < 4.78 is 6.79. The number of aromatic nitrogens is 4. The first-order valence-corrected chi connectivity index (χ1v) is 11.9. The summed E-state index contributed by atoms with van der Waals surface area (Å²) >= 11 is 0. The second-order valence-corrected chi connectivity index (χ2v) is 8.86. The highest BCUT2D eigenvalue weighted by atomic mass is 16.5. The minimum Gasteiger partial charge on any atom is -0.466 e. The zero-order valence-corrected chi connectivity index (χ0v) is 20.1. The quantitative estimate of drug-likeness (QED) is 0.473. The summed E-state index contributed by atoms with van der Waals surface area (Å²) in [5.41, 5.74) is 1.74. The van der Waals surface area contributed by atoms with Gasteiger partial charge in [0, 0.05) is 39.0 Å². The van der Waals surface area contributed by atoms with Crippen LogP contribution in [0.25, 0.3) is 16.7 Å². The molecule has 1 amide bonds. The number of fused-ring (bicyclic) bond motifs is 1. The van der Waals surface area contributed by atoms with E-state index in [0.29, 0.717) is 38.7 Å². The van der Waals surface area contributed by atoms with Gasteiger partial charge in [-0.2, -0.15) is 5.10 Å². The Labute approximate surface area is 199 Å². The molecular weight excluding hydrogens is 432 g/mol. The van der Waals surface area contributed by atoms with Crippen molar-refractivity contribution in [3.63, 3.8) is 0 Å². The van der Waals surface area contributed by atoms with Crippen LogP contribution in [-0.2, 0) is 20.7 Å². The molecule has 3 heterocycles. The normalized spacial score (nSPS) is 14.1. The van der Waals surface area contributed by atoms with E-state index < -0.39 is 0 Å². The number of amides is 1. The number of carbonyl (C=O) groups excluding carboxylic acids is 2. The largest absolute Gasteiger partial charge is 0.466 e. The Hall–Kier alpha value is -3.49. The van der Waals surface area contributed by atoms with E-state index in [0.717, 1.165) is 34.8 Å². The molecule has 2 aromatic heterocycles. The summed E-state index contributed by atoms with van der Waals surface area (Å²) in [6.45, 7) is 8.89. The Bertz CT molecular complexity index is 1140. The van der Waals surface area contributed by atoms with Gasteiger partial charge in [0.25, 0.3) is 0 Å². The topological polar surface area (TPSA) is 93.5 Å². The summed E-state index contributed by atoms with van der Waals surface area (Å²) in [6.07, 6.45) is 2.90. The van der Waals surface area contributed by atoms with Crippen LogP contribution in [0.15, 0.2) is 36.5 Å². The Balaban J connectivity index is 1.54. The molecule has 9 heteroatoms. The Kier molecular flexibility index (Phi) is 7.40. The van der Waals surface area contributed by atoms with Crippen LogP contribution in [0.3, 0.4) is 0 Å². The van der Waals surface area contributed by atoms with Crippen molar-refractivity contribution < 1.29 is 14.3 Å². The van der Waals surface area contributed by atoms with Crippen molar-refractivity contribution in [3.05, 3.63) is 42.4 Å². The Morgan fingerprint density at radius 1 is 1.03 bits per heavy atom. The standard InChI is InChI=1S/C25H32N6O3/c1-4-34-23(33)11-10-22(32)29-12-14-30(15-13-29)24-20-17-26-31(19-8-6-5-7-9-19)25(20)28-21(27-24)16-18(2)3/h5-9,17-18H,4,10-16H2,1-3H3. The SMILES string of the molecule is CCOC(=O)CCC(=O)N1CCN(c2nc(CC(C)C)nc3c2cnn3-c2ccccc2)CC1. The van der Waals surface area contributed by atoms with Crippen molar-refractivity contribution in [1.29, 1.82) is 0 Å². The van der Waals surface area contributed by atoms with Crippen LogP contribution in [0, 0.1) is 5.92 Å². The number of benzene rings is 1. The molecule has 0 unspecified atom stereocenters. The molecule has 0 bridgehead atoms. The number of ether oxygens (including phenoxy) is 1. The zero-order chi connectivity index (χ0) is 24.1. The van der Waals surface area contributed by atoms with E-state index in [2.05, 4.69) is 23.8 Å². The average Bonchev–Trinajstić information content (AvgIpc) is 3.26. The van der Waals surface area contributed by atoms with Crippen LogP contribution in [0.5, 0.6) is 0 Å². The lowest BCUT2D eigenvalue weighted by atomic mass is 10.1. The Morgan fingerprint density at radius 2 is 1.76 bits per heavy atom. The van der Waals surface area contributed by atoms with E-state index in [1.807, 2.05) is 46.1 Å². The highest BCUT2D eigenvalue weighted by Gasteiger charge is 2.25. The van der Waals surface area contributed by atoms with Gasteiger partial charge in [-0.15, -0.1) is 0 Å². The van der Waals surface area contributed by atoms with Crippen molar-refractivity contribution in [1.82, 2.24) is 24.6 Å². The van der Waals surface area contributed by atoms with Gasteiger partial charge in [-0.3, -0.25) is 9.59 Å². The lowest BCUT2D eigenvalue weighted by Crippen LogP contribution is -2.49. The van der Waals surface area contributed by atoms with Gasteiger partial charge in [0.05, 0.1) is 30.3 Å². The first-order valence-electron chi connectivity index (χ1n) is 11.9. The summed E-state index contributed by atoms with van der Waals surface area (Å²) in [6, 6.07) is 9.97. The number of hydrogen-bond acceptors (Lipinski definition) is 7. The third-order valence-electron chi connectivity index (χ3n) is 5.83. The average molecular weight is 465 g/mol. The van der Waals surface area contributed by atoms with Gasteiger partial charge in [0.1, 0.15) is 11.6 Å². The summed E-state index contributed by atoms with van der Waals surface area (Å²) in [5.74, 6) is 1.74. The molecule has 0 radical (unpaired) electrons. The fourth-order valence-corrected chi connectivity index (χ4v) is 4.16. The number of piperazine rings is 1. The van der Waals surface area contributed by atoms with Gasteiger partial charge in [-0.1, -0.05) is 32.0 Å². The first-order chi connectivity index (χ1) is 16.5. The first kappa shape index (κ1) is 23.7. The van der Waals surface area contributed by atoms with Crippen molar-refractivity contribution in [3.8, 4) is 5.69 Å². The molecule has 180 valence electrons. The van der Waals surface area contributed by atoms with Gasteiger partial charge in [0.15, 0.2) is 5.65 Å². The highest BCUT2D eigenvalue weighted by molar-refractivity contribution is 5.88. The molecule has 0 N–H and O–H groups in total. The van der Waals surface area contributed by atoms with Crippen LogP contribution < -0.4 is 4.90 Å². The lowest BCUT2D eigenvalue weighted by molar-refractivity contribution is -0.145. The molecule has 9 nitrogen and oxygen atoms in total. The lowest BCUT2D eigenvalue weighted by Gasteiger charge is -2.35. The number of para-hydroxylation sites is 1. The molecule has 1 aromatic carbocycles. The maximum Gasteiger partial charge on any atom is 0.306 e. The molecule has 1 aliphatic heterocycles. The highest BCUT2D eigenvalue weighted by Crippen LogP contribution is 2.27. The van der Waals surface area contributed by atoms with Gasteiger partial charge >= 0.3 is 5.97 Å². The number of esters is 1. The minimum atomic E-state index is -0.328. The summed E-state index contributed by atoms with van der Waals surface area (Å²) in [4.78, 5) is 37.9. The smallest absolute Gasteiger partial charge is 0.306 e. The monoisotopic (exact) mass is 464 g/mol. The maximum atomic E-state index is 12.6. The second-order valence-electron chi connectivity index (χ2n) is 8.86. The third-order valence-corrected chi connectivity index (χ3v) is 5.83. The van der Waals surface area contributed by atoms with Crippen molar-refractivity contribution in [2.75, 3.05) is 37.7 Å². The van der Waals surface area contributed by atoms with E-state index in [4.69, 9.17) is 14.7 Å². The molecule has 1 fully saturated rings. The van der Waals surface area contributed by atoms with E-state index in [1.54, 1.807) is 6.92 Å². The molecule has 0 aliphatic carbocycles. The van der Waals surface area contributed by atoms with E-state index in [9.17, 15) is 9.59 Å². The predicted octanol–water partition coefficient (Wildman–Crippen LogP) is 3.01. The number of rotatable bonds is 8. The van der Waals surface area contributed by atoms with Crippen molar-refractivity contribution in [2.45, 2.75) is 40.0 Å². The van der Waals surface area contributed by atoms with E-state index >= 15 is 0 Å². The van der Waals surface area contributed by atoms with Crippen LogP contribution >= 0.6 is 0 Å². The van der Waals surface area contributed by atoms with Crippen LogP contribution in [0.4, 0.5) is 5.82 Å². The van der Waals surface area contributed by atoms with Crippen LogP contribution in [0.2, 0.25) is 0 Å². The van der Waals surface area contributed by atoms with Gasteiger partial charge in [0.2, 0.25) is 5.91 Å². The minimum absolute atomic E-state index is 0.0158. The molecule has 1 aliphatic rings. The number of nitrogens with zero attached hydrogens (tertiary/aromatic N) is 6. The molecule has 3 aromatic rings. The van der Waals surface area contributed by atoms with Gasteiger partial charge in [-0.25, -0.2) is 14.6 Å². The third kappa shape index (κ3) is 5.35. The molecule has 34 heavy (non-hydrogen) atoms. The zero-order valence-electron chi connectivity index (χ0n) is 20.1. The summed E-state index contributed by atoms with van der Waals surface area (Å²) in [5, 5.41) is 5.52. The number of anilines is 1. The summed E-state index contributed by atoms with van der Waals surface area (Å²) in [7, 11) is 0. The fourth-order valence-electron chi connectivity index (χ4n) is 4.16. The Morgan fingerprint density at radius 3 is 2.44 bits per heavy atom. The second kappa shape index (κ2) is 10.6. The van der Waals surface area contributed by atoms with Crippen LogP contribution in [-0.4, -0.2) is 69.3 Å². The molecule has 1 saturated heterocycles. The van der Waals surface area contributed by atoms with E-state index in [-0.39, 0.29) is 24.7 Å². The predicted molar refractivity (Wildman–Crippen MR) is 130 cm³/mol.